The fraction of sp³-hybridized carbons (Fsp3) is 0.619. The Morgan fingerprint density at radius 2 is 1.77 bits per heavy atom. The highest BCUT2D eigenvalue weighted by atomic mass is 32.2. The van der Waals surface area contributed by atoms with Gasteiger partial charge in [-0.25, -0.2) is 13.3 Å². The molecule has 5 atom stereocenters. The maximum Gasteiger partial charge on any atom is 0.240 e. The summed E-state index contributed by atoms with van der Waals surface area (Å²) < 4.78 is 37.9. The lowest BCUT2D eigenvalue weighted by molar-refractivity contribution is -0.129. The second-order valence-corrected chi connectivity index (χ2v) is 10.2. The zero-order chi connectivity index (χ0) is 22.7. The van der Waals surface area contributed by atoms with Gasteiger partial charge < -0.3 is 11.1 Å². The van der Waals surface area contributed by atoms with E-state index < -0.39 is 27.8 Å². The quantitative estimate of drug-likeness (QED) is 0.630. The first kappa shape index (κ1) is 24.4. The summed E-state index contributed by atoms with van der Waals surface area (Å²) in [6, 6.07) is 5.31. The summed E-state index contributed by atoms with van der Waals surface area (Å²) in [5.41, 5.74) is 4.01. The summed E-state index contributed by atoms with van der Waals surface area (Å²) in [4.78, 5) is 25.1. The number of alkyl halides is 1. The third-order valence-electron chi connectivity index (χ3n) is 6.10. The topological polar surface area (TPSA) is 101 Å². The monoisotopic (exact) mass is 443 g/mol. The molecule has 2 fully saturated rings. The van der Waals surface area contributed by atoms with Crippen LogP contribution in [0.5, 0.6) is 0 Å². The van der Waals surface area contributed by atoms with Crippen LogP contribution in [0, 0.1) is 23.1 Å². The molecule has 1 aromatic carbocycles. The molecule has 0 saturated heterocycles. The smallest absolute Gasteiger partial charge is 0.240 e. The van der Waals surface area contributed by atoms with E-state index in [9.17, 15) is 22.6 Å². The van der Waals surface area contributed by atoms with Crippen LogP contribution in [0.1, 0.15) is 46.5 Å². The van der Waals surface area contributed by atoms with E-state index in [0.29, 0.717) is 24.4 Å². The van der Waals surface area contributed by atoms with Gasteiger partial charge in [0, 0.05) is 11.5 Å². The summed E-state index contributed by atoms with van der Waals surface area (Å²) in [6.45, 7) is 5.24. The van der Waals surface area contributed by atoms with Crippen LogP contribution in [-0.2, 0) is 20.6 Å². The number of carbonyl (C=O) groups is 2. The van der Waals surface area contributed by atoms with Gasteiger partial charge in [-0.1, -0.05) is 6.92 Å². The summed E-state index contributed by atoms with van der Waals surface area (Å²) >= 11 is 0. The van der Waals surface area contributed by atoms with Gasteiger partial charge >= 0.3 is 0 Å². The maximum atomic E-state index is 13.0. The molecule has 5 unspecified atom stereocenters. The van der Waals surface area contributed by atoms with E-state index in [1.165, 1.54) is 24.3 Å². The molecule has 9 heteroatoms. The zero-order valence-corrected chi connectivity index (χ0v) is 18.7. The van der Waals surface area contributed by atoms with Gasteiger partial charge in [-0.15, -0.1) is 0 Å². The van der Waals surface area contributed by atoms with Crippen molar-refractivity contribution in [2.45, 2.75) is 62.9 Å². The second kappa shape index (κ2) is 9.51. The van der Waals surface area contributed by atoms with Crippen molar-refractivity contribution in [3.05, 3.63) is 30.1 Å². The Morgan fingerprint density at radius 3 is 2.33 bits per heavy atom. The first-order valence-electron chi connectivity index (χ1n) is 9.94. The van der Waals surface area contributed by atoms with E-state index in [2.05, 4.69) is 10.0 Å². The molecule has 6 nitrogen and oxygen atoms in total. The van der Waals surface area contributed by atoms with Crippen molar-refractivity contribution >= 4 is 22.8 Å². The summed E-state index contributed by atoms with van der Waals surface area (Å²) in [7, 11) is -1.15. The first-order chi connectivity index (χ1) is 14.0. The molecule has 2 bridgehead atoms. The highest BCUT2D eigenvalue weighted by Crippen LogP contribution is 2.50. The zero-order valence-electron chi connectivity index (χ0n) is 17.8. The number of halogens is 2. The number of carbonyl (C=O) groups excluding carboxylic acids is 2. The van der Waals surface area contributed by atoms with Crippen molar-refractivity contribution in [1.29, 1.82) is 0 Å². The Balaban J connectivity index is 0.00000155. The van der Waals surface area contributed by atoms with Gasteiger partial charge in [0.1, 0.15) is 22.3 Å². The van der Waals surface area contributed by atoms with Crippen LogP contribution in [0.3, 0.4) is 0 Å². The van der Waals surface area contributed by atoms with Crippen LogP contribution >= 0.6 is 0 Å². The van der Waals surface area contributed by atoms with Crippen LogP contribution in [0.25, 0.3) is 0 Å². The average Bonchev–Trinajstić information content (AvgIpc) is 2.97. The van der Waals surface area contributed by atoms with Gasteiger partial charge in [-0.05, 0) is 75.6 Å². The van der Waals surface area contributed by atoms with Crippen molar-refractivity contribution in [1.82, 2.24) is 10.0 Å². The largest absolute Gasteiger partial charge is 0.369 e. The lowest BCUT2D eigenvalue weighted by Crippen LogP contribution is -2.56. The van der Waals surface area contributed by atoms with Gasteiger partial charge in [0.2, 0.25) is 11.8 Å². The van der Waals surface area contributed by atoms with E-state index in [1.807, 2.05) is 6.92 Å². The predicted octanol–water partition coefficient (Wildman–Crippen LogP) is 2.60. The molecule has 3 rings (SSSR count). The fourth-order valence-electron chi connectivity index (χ4n) is 4.55. The van der Waals surface area contributed by atoms with Crippen molar-refractivity contribution in [2.75, 3.05) is 7.18 Å². The van der Waals surface area contributed by atoms with E-state index in [4.69, 9.17) is 5.73 Å². The predicted molar refractivity (Wildman–Crippen MR) is 112 cm³/mol. The average molecular weight is 444 g/mol. The molecule has 0 aliphatic heterocycles. The number of nitrogens with one attached hydrogen (secondary N) is 2. The molecule has 2 saturated carbocycles. The van der Waals surface area contributed by atoms with E-state index in [1.54, 1.807) is 13.8 Å². The van der Waals surface area contributed by atoms with Gasteiger partial charge in [0.15, 0.2) is 0 Å². The first-order valence-corrected chi connectivity index (χ1v) is 11.1. The van der Waals surface area contributed by atoms with Crippen molar-refractivity contribution < 1.29 is 22.6 Å². The minimum atomic E-state index is -1.65. The summed E-state index contributed by atoms with van der Waals surface area (Å²) in [5.74, 6) is -0.329. The minimum absolute atomic E-state index is 0.0148. The molecule has 0 heterocycles. The number of hydrogen-bond donors (Lipinski definition) is 3. The van der Waals surface area contributed by atoms with E-state index in [-0.39, 0.29) is 23.8 Å². The maximum absolute atomic E-state index is 13.0. The number of primary amides is 1. The fourth-order valence-corrected chi connectivity index (χ4v) is 5.61. The SMILES string of the molecule is CC1(C(N)=O)CC2CC(C1)C(NC(=O)C(C)(C)NS(=O)c1ccc(F)cc1)C2.CF. The van der Waals surface area contributed by atoms with Crippen LogP contribution in [-0.4, -0.2) is 34.8 Å². The number of nitrogens with two attached hydrogens (primary N) is 1. The number of rotatable bonds is 6. The minimum Gasteiger partial charge on any atom is -0.369 e. The molecule has 2 aliphatic rings. The lowest BCUT2D eigenvalue weighted by atomic mass is 9.69. The molecule has 1 aromatic rings. The van der Waals surface area contributed by atoms with Gasteiger partial charge in [0.25, 0.3) is 0 Å². The Morgan fingerprint density at radius 1 is 1.17 bits per heavy atom. The van der Waals surface area contributed by atoms with Crippen LogP contribution in [0.2, 0.25) is 0 Å². The Kier molecular flexibility index (Phi) is 7.74. The molecule has 0 aromatic heterocycles. The second-order valence-electron chi connectivity index (χ2n) is 8.96. The highest BCUT2D eigenvalue weighted by molar-refractivity contribution is 7.83. The third kappa shape index (κ3) is 5.43. The van der Waals surface area contributed by atoms with Gasteiger partial charge in [0.05, 0.1) is 12.1 Å². The molecule has 0 radical (unpaired) electrons. The lowest BCUT2D eigenvalue weighted by Gasteiger charge is -2.36. The number of benzene rings is 1. The van der Waals surface area contributed by atoms with Crippen LogP contribution in [0.4, 0.5) is 8.78 Å². The Hall–Kier alpha value is -1.87. The summed E-state index contributed by atoms with van der Waals surface area (Å²) in [6.07, 6.45) is 3.26. The Labute approximate surface area is 179 Å². The number of hydrogen-bond acceptors (Lipinski definition) is 3. The van der Waals surface area contributed by atoms with Gasteiger partial charge in [-0.2, -0.15) is 0 Å². The van der Waals surface area contributed by atoms with Crippen molar-refractivity contribution in [2.24, 2.45) is 23.0 Å². The molecular weight excluding hydrogens is 412 g/mol. The molecule has 2 aliphatic carbocycles. The van der Waals surface area contributed by atoms with Crippen LogP contribution in [0.15, 0.2) is 29.2 Å². The standard InChI is InChI=1S/C20H28FN3O3S.CH3F/c1-19(2,24-28(27)15-6-4-14(21)5-7-15)18(26)23-16-9-12-8-13(16)11-20(3,10-12)17(22)25;1-2/h4-7,12-13,16,24H,8-11H2,1-3H3,(H2,22,25)(H,23,26);1H3. The number of fused-ring (bicyclic) bond motifs is 2. The van der Waals surface area contributed by atoms with Gasteiger partial charge in [-0.3, -0.25) is 14.0 Å². The molecule has 0 spiro atoms. The molecule has 2 amide bonds. The molecular formula is C21H31F2N3O3S. The molecule has 30 heavy (non-hydrogen) atoms. The van der Waals surface area contributed by atoms with Crippen LogP contribution < -0.4 is 15.8 Å². The van der Waals surface area contributed by atoms with E-state index >= 15 is 0 Å². The third-order valence-corrected chi connectivity index (χ3v) is 7.49. The van der Waals surface area contributed by atoms with Crippen molar-refractivity contribution in [3.8, 4) is 0 Å². The van der Waals surface area contributed by atoms with E-state index in [0.717, 1.165) is 19.3 Å². The molecule has 4 N–H and O–H groups in total. The summed E-state index contributed by atoms with van der Waals surface area (Å²) in [5, 5.41) is 3.09. The molecule has 168 valence electrons. The highest BCUT2D eigenvalue weighted by Gasteiger charge is 2.49. The normalized spacial score (nSPS) is 28.8. The number of amides is 2. The Bertz CT molecular complexity index is 803. The van der Waals surface area contributed by atoms with Crippen molar-refractivity contribution in [3.63, 3.8) is 0 Å².